The van der Waals surface area contributed by atoms with E-state index in [1.54, 1.807) is 24.0 Å². The van der Waals surface area contributed by atoms with Gasteiger partial charge in [-0.25, -0.2) is 0 Å². The highest BCUT2D eigenvalue weighted by atomic mass is 16.6. The fourth-order valence-electron chi connectivity index (χ4n) is 2.72. The molecule has 0 aromatic heterocycles. The normalized spacial score (nSPS) is 12.9. The zero-order valence-corrected chi connectivity index (χ0v) is 12.1. The molecular weight excluding hydrogens is 282 g/mol. The van der Waals surface area contributed by atoms with Crippen molar-refractivity contribution in [2.24, 2.45) is 0 Å². The molecule has 2 aromatic rings. The molecule has 6 heteroatoms. The number of anilines is 3. The van der Waals surface area contributed by atoms with Gasteiger partial charge in [0.2, 0.25) is 5.91 Å². The summed E-state index contributed by atoms with van der Waals surface area (Å²) in [7, 11) is 0. The van der Waals surface area contributed by atoms with Crippen LogP contribution < -0.4 is 10.2 Å². The second-order valence-corrected chi connectivity index (χ2v) is 5.17. The minimum absolute atomic E-state index is 0.00737. The minimum Gasteiger partial charge on any atom is -0.354 e. The largest absolute Gasteiger partial charge is 0.354 e. The molecular formula is C16H15N3O3. The number of hydrogen-bond acceptors (Lipinski definition) is 4. The Balaban J connectivity index is 1.97. The molecule has 0 saturated heterocycles. The molecule has 1 amide bonds. The van der Waals surface area contributed by atoms with E-state index in [0.29, 0.717) is 12.2 Å². The monoisotopic (exact) mass is 297 g/mol. The number of nitro benzene ring substituents is 1. The van der Waals surface area contributed by atoms with Crippen LogP contribution in [0.15, 0.2) is 42.5 Å². The van der Waals surface area contributed by atoms with Crippen LogP contribution in [0.3, 0.4) is 0 Å². The number of amides is 1. The van der Waals surface area contributed by atoms with Gasteiger partial charge in [-0.2, -0.15) is 0 Å². The molecule has 0 radical (unpaired) electrons. The minimum atomic E-state index is -0.428. The number of nitrogens with one attached hydrogen (secondary N) is 1. The summed E-state index contributed by atoms with van der Waals surface area (Å²) >= 11 is 0. The molecule has 0 saturated carbocycles. The van der Waals surface area contributed by atoms with Gasteiger partial charge in [0.1, 0.15) is 0 Å². The van der Waals surface area contributed by atoms with Crippen molar-refractivity contribution >= 4 is 28.7 Å². The first-order chi connectivity index (χ1) is 10.6. The number of benzene rings is 2. The summed E-state index contributed by atoms with van der Waals surface area (Å²) in [5, 5.41) is 14.0. The van der Waals surface area contributed by atoms with Crippen LogP contribution in [0, 0.1) is 10.1 Å². The maximum Gasteiger partial charge on any atom is 0.271 e. The van der Waals surface area contributed by atoms with Gasteiger partial charge in [0.15, 0.2) is 0 Å². The van der Waals surface area contributed by atoms with Gasteiger partial charge >= 0.3 is 0 Å². The van der Waals surface area contributed by atoms with Crippen LogP contribution in [0.5, 0.6) is 0 Å². The third-order valence-corrected chi connectivity index (χ3v) is 3.71. The van der Waals surface area contributed by atoms with Crippen LogP contribution in [-0.2, 0) is 11.2 Å². The molecule has 22 heavy (non-hydrogen) atoms. The van der Waals surface area contributed by atoms with Crippen molar-refractivity contribution in [2.75, 3.05) is 16.8 Å². The van der Waals surface area contributed by atoms with E-state index in [0.717, 1.165) is 23.4 Å². The fraction of sp³-hybridized carbons (Fsp3) is 0.188. The van der Waals surface area contributed by atoms with Gasteiger partial charge in [-0.3, -0.25) is 14.9 Å². The van der Waals surface area contributed by atoms with Crippen LogP contribution in [0.25, 0.3) is 0 Å². The molecule has 0 aliphatic carbocycles. The van der Waals surface area contributed by atoms with Crippen LogP contribution in [0.1, 0.15) is 12.5 Å². The van der Waals surface area contributed by atoms with E-state index in [9.17, 15) is 14.9 Å². The molecule has 0 atom stereocenters. The van der Waals surface area contributed by atoms with Crippen molar-refractivity contribution in [2.45, 2.75) is 13.3 Å². The fourth-order valence-corrected chi connectivity index (χ4v) is 2.72. The summed E-state index contributed by atoms with van der Waals surface area (Å²) in [4.78, 5) is 23.9. The Bertz CT molecular complexity index is 758. The second-order valence-electron chi connectivity index (χ2n) is 5.17. The summed E-state index contributed by atoms with van der Waals surface area (Å²) in [6.07, 6.45) is 0.819. The highest BCUT2D eigenvalue weighted by Crippen LogP contribution is 2.37. The SMILES string of the molecule is CC(=O)N1CCc2cccc(Nc3cccc([N+](=O)[O-])c3)c21. The lowest BCUT2D eigenvalue weighted by atomic mass is 10.1. The third kappa shape index (κ3) is 2.50. The Morgan fingerprint density at radius 2 is 2.05 bits per heavy atom. The van der Waals surface area contributed by atoms with E-state index < -0.39 is 4.92 Å². The third-order valence-electron chi connectivity index (χ3n) is 3.71. The molecule has 0 bridgehead atoms. The molecule has 6 nitrogen and oxygen atoms in total. The summed E-state index contributed by atoms with van der Waals surface area (Å²) in [5.74, 6) is -0.00737. The molecule has 2 aromatic carbocycles. The summed E-state index contributed by atoms with van der Waals surface area (Å²) in [5.41, 5.74) is 3.40. The number of non-ortho nitro benzene ring substituents is 1. The van der Waals surface area contributed by atoms with Crippen molar-refractivity contribution in [3.05, 3.63) is 58.1 Å². The summed E-state index contributed by atoms with van der Waals surface area (Å²) in [6.45, 7) is 2.21. The second kappa shape index (κ2) is 5.48. The Labute approximate surface area is 127 Å². The van der Waals surface area contributed by atoms with Crippen LogP contribution in [-0.4, -0.2) is 17.4 Å². The molecule has 3 rings (SSSR count). The number of rotatable bonds is 3. The van der Waals surface area contributed by atoms with Crippen molar-refractivity contribution in [3.63, 3.8) is 0 Å². The van der Waals surface area contributed by atoms with Crippen molar-refractivity contribution in [1.29, 1.82) is 0 Å². The van der Waals surface area contributed by atoms with E-state index in [4.69, 9.17) is 0 Å². The predicted molar refractivity (Wildman–Crippen MR) is 84.6 cm³/mol. The molecule has 0 unspecified atom stereocenters. The number of para-hydroxylation sites is 1. The van der Waals surface area contributed by atoms with E-state index >= 15 is 0 Å². The number of nitrogens with zero attached hydrogens (tertiary/aromatic N) is 2. The molecule has 1 N–H and O–H groups in total. The quantitative estimate of drug-likeness (QED) is 0.697. The Hall–Kier alpha value is -2.89. The maximum absolute atomic E-state index is 11.8. The van der Waals surface area contributed by atoms with E-state index in [-0.39, 0.29) is 11.6 Å². The van der Waals surface area contributed by atoms with Gasteiger partial charge in [-0.05, 0) is 24.1 Å². The van der Waals surface area contributed by atoms with Gasteiger partial charge in [-0.15, -0.1) is 0 Å². The van der Waals surface area contributed by atoms with Crippen molar-refractivity contribution in [1.82, 2.24) is 0 Å². The number of carbonyl (C=O) groups is 1. The predicted octanol–water partition coefficient (Wildman–Crippen LogP) is 3.25. The Kier molecular flexibility index (Phi) is 3.50. The average molecular weight is 297 g/mol. The van der Waals surface area contributed by atoms with Gasteiger partial charge in [-0.1, -0.05) is 18.2 Å². The van der Waals surface area contributed by atoms with Crippen LogP contribution in [0.4, 0.5) is 22.7 Å². The topological polar surface area (TPSA) is 75.5 Å². The number of hydrogen-bond donors (Lipinski definition) is 1. The highest BCUT2D eigenvalue weighted by molar-refractivity contribution is 5.98. The average Bonchev–Trinajstić information content (AvgIpc) is 2.93. The number of carbonyl (C=O) groups excluding carboxylic acids is 1. The summed E-state index contributed by atoms with van der Waals surface area (Å²) in [6, 6.07) is 12.1. The molecule has 0 fully saturated rings. The number of nitro groups is 1. The van der Waals surface area contributed by atoms with Crippen LogP contribution in [0.2, 0.25) is 0 Å². The first kappa shape index (κ1) is 14.1. The Morgan fingerprint density at radius 1 is 1.27 bits per heavy atom. The zero-order valence-electron chi connectivity index (χ0n) is 12.1. The lowest BCUT2D eigenvalue weighted by Gasteiger charge is -2.19. The standard InChI is InChI=1S/C16H15N3O3/c1-11(20)18-9-8-12-4-2-7-15(16(12)18)17-13-5-3-6-14(10-13)19(21)22/h2-7,10,17H,8-9H2,1H3. The van der Waals surface area contributed by atoms with Crippen molar-refractivity contribution in [3.8, 4) is 0 Å². The highest BCUT2D eigenvalue weighted by Gasteiger charge is 2.25. The van der Waals surface area contributed by atoms with Crippen molar-refractivity contribution < 1.29 is 9.72 Å². The molecule has 1 aliphatic rings. The molecule has 112 valence electrons. The molecule has 0 spiro atoms. The van der Waals surface area contributed by atoms with E-state index in [2.05, 4.69) is 5.32 Å². The van der Waals surface area contributed by atoms with Gasteiger partial charge in [0, 0.05) is 31.3 Å². The maximum atomic E-state index is 11.8. The molecule has 1 heterocycles. The number of fused-ring (bicyclic) bond motifs is 1. The zero-order chi connectivity index (χ0) is 15.7. The lowest BCUT2D eigenvalue weighted by Crippen LogP contribution is -2.26. The molecule has 1 aliphatic heterocycles. The first-order valence-electron chi connectivity index (χ1n) is 6.98. The van der Waals surface area contributed by atoms with E-state index in [1.165, 1.54) is 12.1 Å². The van der Waals surface area contributed by atoms with Crippen LogP contribution >= 0.6 is 0 Å². The van der Waals surface area contributed by atoms with Gasteiger partial charge in [0.25, 0.3) is 5.69 Å². The van der Waals surface area contributed by atoms with E-state index in [1.807, 2.05) is 18.2 Å². The lowest BCUT2D eigenvalue weighted by molar-refractivity contribution is -0.384. The Morgan fingerprint density at radius 3 is 2.77 bits per heavy atom. The summed E-state index contributed by atoms with van der Waals surface area (Å²) < 4.78 is 0. The first-order valence-corrected chi connectivity index (χ1v) is 6.98. The smallest absolute Gasteiger partial charge is 0.271 e. The van der Waals surface area contributed by atoms with Gasteiger partial charge in [0.05, 0.1) is 16.3 Å². The van der Waals surface area contributed by atoms with Gasteiger partial charge < -0.3 is 10.2 Å².